The molecular formula is C17H27N5O4. The lowest BCUT2D eigenvalue weighted by Gasteiger charge is -2.34. The zero-order chi connectivity index (χ0) is 18.9. The fraction of sp³-hybridized carbons (Fsp3) is 0.765. The number of hydrogen-bond acceptors (Lipinski definition) is 4. The van der Waals surface area contributed by atoms with Crippen molar-refractivity contribution in [1.29, 1.82) is 5.26 Å². The molecule has 2 rings (SSSR count). The number of urea groups is 1. The van der Waals surface area contributed by atoms with E-state index in [0.29, 0.717) is 13.1 Å². The van der Waals surface area contributed by atoms with Gasteiger partial charge in [-0.05, 0) is 18.8 Å². The Kier molecular flexibility index (Phi) is 7.51. The van der Waals surface area contributed by atoms with Crippen LogP contribution in [-0.2, 0) is 4.79 Å². The normalized spacial score (nSPS) is 19.3. The van der Waals surface area contributed by atoms with E-state index < -0.39 is 6.09 Å². The Morgan fingerprint density at radius 3 is 2.23 bits per heavy atom. The van der Waals surface area contributed by atoms with Crippen molar-refractivity contribution in [3.8, 4) is 6.07 Å². The Morgan fingerprint density at radius 2 is 1.65 bits per heavy atom. The van der Waals surface area contributed by atoms with Crippen LogP contribution in [0.2, 0.25) is 0 Å². The molecule has 1 saturated carbocycles. The minimum atomic E-state index is -0.975. The van der Waals surface area contributed by atoms with Crippen LogP contribution in [0.15, 0.2) is 0 Å². The smallest absolute Gasteiger partial charge is 0.407 e. The Hall–Kier alpha value is -2.50. The molecule has 9 heteroatoms. The molecule has 0 aromatic heterocycles. The van der Waals surface area contributed by atoms with E-state index in [2.05, 4.69) is 10.6 Å². The number of nitriles is 1. The predicted octanol–water partition coefficient (Wildman–Crippen LogP) is 0.828. The Balaban J connectivity index is 1.87. The Labute approximate surface area is 153 Å². The molecule has 0 bridgehead atoms. The SMILES string of the molecule is N#CCNC(=O)C(CNC(=O)N1CCN(C(=O)O)CC1)C1CCCCC1. The first kappa shape index (κ1) is 19.8. The van der Waals surface area contributed by atoms with Gasteiger partial charge < -0.3 is 25.5 Å². The summed E-state index contributed by atoms with van der Waals surface area (Å²) in [6.07, 6.45) is 4.27. The number of rotatable bonds is 5. The first-order valence-corrected chi connectivity index (χ1v) is 9.18. The van der Waals surface area contributed by atoms with Crippen LogP contribution in [0, 0.1) is 23.2 Å². The van der Waals surface area contributed by atoms with Crippen LogP contribution < -0.4 is 10.6 Å². The number of carbonyl (C=O) groups is 3. The molecule has 3 N–H and O–H groups in total. The van der Waals surface area contributed by atoms with Gasteiger partial charge in [0.25, 0.3) is 0 Å². The zero-order valence-electron chi connectivity index (χ0n) is 14.9. The van der Waals surface area contributed by atoms with Crippen LogP contribution in [0.5, 0.6) is 0 Å². The lowest BCUT2D eigenvalue weighted by molar-refractivity contribution is -0.126. The van der Waals surface area contributed by atoms with E-state index >= 15 is 0 Å². The van der Waals surface area contributed by atoms with Crippen molar-refractivity contribution in [3.63, 3.8) is 0 Å². The molecule has 1 aliphatic heterocycles. The van der Waals surface area contributed by atoms with Gasteiger partial charge in [-0.25, -0.2) is 9.59 Å². The minimum absolute atomic E-state index is 0.0346. The molecule has 1 saturated heterocycles. The van der Waals surface area contributed by atoms with Gasteiger partial charge in [0, 0.05) is 32.7 Å². The van der Waals surface area contributed by atoms with Crippen molar-refractivity contribution in [2.24, 2.45) is 11.8 Å². The van der Waals surface area contributed by atoms with Gasteiger partial charge in [-0.3, -0.25) is 4.79 Å². The average molecular weight is 365 g/mol. The molecule has 1 heterocycles. The molecule has 0 radical (unpaired) electrons. The van der Waals surface area contributed by atoms with Crippen molar-refractivity contribution in [2.75, 3.05) is 39.3 Å². The molecule has 4 amide bonds. The summed E-state index contributed by atoms with van der Waals surface area (Å²) in [7, 11) is 0. The van der Waals surface area contributed by atoms with Crippen LogP contribution in [0.1, 0.15) is 32.1 Å². The maximum Gasteiger partial charge on any atom is 0.407 e. The number of carbonyl (C=O) groups excluding carboxylic acids is 2. The largest absolute Gasteiger partial charge is 0.465 e. The van der Waals surface area contributed by atoms with Gasteiger partial charge in [-0.15, -0.1) is 0 Å². The highest BCUT2D eigenvalue weighted by atomic mass is 16.4. The van der Waals surface area contributed by atoms with Gasteiger partial charge in [-0.2, -0.15) is 5.26 Å². The van der Waals surface area contributed by atoms with E-state index in [9.17, 15) is 14.4 Å². The highest BCUT2D eigenvalue weighted by Gasteiger charge is 2.31. The van der Waals surface area contributed by atoms with Gasteiger partial charge in [-0.1, -0.05) is 19.3 Å². The van der Waals surface area contributed by atoms with Crippen LogP contribution in [0.25, 0.3) is 0 Å². The quantitative estimate of drug-likeness (QED) is 0.622. The molecule has 2 aliphatic rings. The first-order chi connectivity index (χ1) is 12.5. The number of carboxylic acid groups (broad SMARTS) is 1. The molecule has 0 spiro atoms. The van der Waals surface area contributed by atoms with Crippen molar-refractivity contribution < 1.29 is 19.5 Å². The Morgan fingerprint density at radius 1 is 1.04 bits per heavy atom. The number of piperazine rings is 1. The highest BCUT2D eigenvalue weighted by molar-refractivity contribution is 5.81. The van der Waals surface area contributed by atoms with Gasteiger partial charge in [0.2, 0.25) is 5.91 Å². The van der Waals surface area contributed by atoms with Crippen molar-refractivity contribution >= 4 is 18.0 Å². The minimum Gasteiger partial charge on any atom is -0.465 e. The summed E-state index contributed by atoms with van der Waals surface area (Å²) in [5.74, 6) is -0.311. The molecule has 26 heavy (non-hydrogen) atoms. The highest BCUT2D eigenvalue weighted by Crippen LogP contribution is 2.30. The number of hydrogen-bond donors (Lipinski definition) is 3. The van der Waals surface area contributed by atoms with E-state index in [-0.39, 0.29) is 50.0 Å². The number of nitrogens with one attached hydrogen (secondary N) is 2. The summed E-state index contributed by atoms with van der Waals surface area (Å²) in [5.41, 5.74) is 0. The first-order valence-electron chi connectivity index (χ1n) is 9.18. The summed E-state index contributed by atoms with van der Waals surface area (Å²) in [6, 6.07) is 1.63. The molecule has 1 aliphatic carbocycles. The standard InChI is InChI=1S/C17H27N5O4/c18-6-7-19-15(23)14(13-4-2-1-3-5-13)12-20-16(24)21-8-10-22(11-9-21)17(25)26/h13-14H,1-5,7-12H2,(H,19,23)(H,20,24)(H,25,26). The second-order valence-electron chi connectivity index (χ2n) is 6.82. The molecular weight excluding hydrogens is 338 g/mol. The van der Waals surface area contributed by atoms with E-state index in [1.54, 1.807) is 4.90 Å². The molecule has 2 fully saturated rings. The molecule has 0 aromatic rings. The maximum absolute atomic E-state index is 12.4. The molecule has 9 nitrogen and oxygen atoms in total. The van der Waals surface area contributed by atoms with E-state index in [1.165, 1.54) is 11.3 Å². The fourth-order valence-corrected chi connectivity index (χ4v) is 3.68. The number of amides is 4. The van der Waals surface area contributed by atoms with E-state index in [4.69, 9.17) is 10.4 Å². The van der Waals surface area contributed by atoms with Gasteiger partial charge >= 0.3 is 12.1 Å². The van der Waals surface area contributed by atoms with Crippen LogP contribution in [0.3, 0.4) is 0 Å². The molecule has 1 unspecified atom stereocenters. The fourth-order valence-electron chi connectivity index (χ4n) is 3.68. The summed E-state index contributed by atoms with van der Waals surface area (Å²) in [5, 5.41) is 23.1. The topological polar surface area (TPSA) is 126 Å². The third-order valence-electron chi connectivity index (χ3n) is 5.21. The van der Waals surface area contributed by atoms with E-state index in [1.807, 2.05) is 6.07 Å². The predicted molar refractivity (Wildman–Crippen MR) is 93.3 cm³/mol. The lowest BCUT2D eigenvalue weighted by Crippen LogP contribution is -2.54. The van der Waals surface area contributed by atoms with Crippen molar-refractivity contribution in [2.45, 2.75) is 32.1 Å². The van der Waals surface area contributed by atoms with Crippen LogP contribution in [-0.4, -0.2) is 72.2 Å². The lowest BCUT2D eigenvalue weighted by atomic mass is 9.79. The van der Waals surface area contributed by atoms with Crippen molar-refractivity contribution in [1.82, 2.24) is 20.4 Å². The van der Waals surface area contributed by atoms with E-state index in [0.717, 1.165) is 25.7 Å². The summed E-state index contributed by atoms with van der Waals surface area (Å²) in [6.45, 7) is 1.46. The average Bonchev–Trinajstić information content (AvgIpc) is 2.67. The maximum atomic E-state index is 12.4. The van der Waals surface area contributed by atoms with Gasteiger partial charge in [0.1, 0.15) is 6.54 Å². The third kappa shape index (κ3) is 5.51. The monoisotopic (exact) mass is 365 g/mol. The molecule has 0 aromatic carbocycles. The van der Waals surface area contributed by atoms with Crippen LogP contribution in [0.4, 0.5) is 9.59 Å². The van der Waals surface area contributed by atoms with Gasteiger partial charge in [0.15, 0.2) is 0 Å². The molecule has 1 atom stereocenters. The second-order valence-corrected chi connectivity index (χ2v) is 6.82. The number of nitrogens with zero attached hydrogens (tertiary/aromatic N) is 3. The van der Waals surface area contributed by atoms with Crippen molar-refractivity contribution in [3.05, 3.63) is 0 Å². The summed E-state index contributed by atoms with van der Waals surface area (Å²) >= 11 is 0. The summed E-state index contributed by atoms with van der Waals surface area (Å²) < 4.78 is 0. The summed E-state index contributed by atoms with van der Waals surface area (Å²) in [4.78, 5) is 38.5. The Bertz CT molecular complexity index is 548. The molecule has 144 valence electrons. The second kappa shape index (κ2) is 9.85. The van der Waals surface area contributed by atoms with Crippen LogP contribution >= 0.6 is 0 Å². The third-order valence-corrected chi connectivity index (χ3v) is 5.21. The zero-order valence-corrected chi connectivity index (χ0v) is 14.9. The van der Waals surface area contributed by atoms with Gasteiger partial charge in [0.05, 0.1) is 12.0 Å².